The summed E-state index contributed by atoms with van der Waals surface area (Å²) < 4.78 is 11.1. The predicted octanol–water partition coefficient (Wildman–Crippen LogP) is 4.89. The molecule has 0 saturated carbocycles. The van der Waals surface area contributed by atoms with Gasteiger partial charge in [0.15, 0.2) is 0 Å². The number of aryl methyl sites for hydroxylation is 4. The van der Waals surface area contributed by atoms with E-state index in [2.05, 4.69) is 10.2 Å². The van der Waals surface area contributed by atoms with Gasteiger partial charge in [-0.1, -0.05) is 0 Å². The minimum Gasteiger partial charge on any atom is -0.466 e. The highest BCUT2D eigenvalue weighted by Gasteiger charge is 2.01. The zero-order valence-corrected chi connectivity index (χ0v) is 13.8. The van der Waals surface area contributed by atoms with Gasteiger partial charge >= 0.3 is 0 Å². The van der Waals surface area contributed by atoms with Gasteiger partial charge in [0.2, 0.25) is 0 Å². The summed E-state index contributed by atoms with van der Waals surface area (Å²) in [6.07, 6.45) is 3.45. The zero-order chi connectivity index (χ0) is 15.9. The Hall–Kier alpha value is -2.10. The van der Waals surface area contributed by atoms with Crippen LogP contribution < -0.4 is 0 Å². The molecule has 2 aromatic heterocycles. The minimum absolute atomic E-state index is 0.862. The van der Waals surface area contributed by atoms with Crippen molar-refractivity contribution in [2.75, 3.05) is 0 Å². The molecule has 0 radical (unpaired) electrons. The fourth-order valence-corrected chi connectivity index (χ4v) is 2.12. The minimum atomic E-state index is 0.862. The third-order valence-electron chi connectivity index (χ3n) is 3.45. The van der Waals surface area contributed by atoms with Crippen LogP contribution >= 0.6 is 0 Å². The smallest absolute Gasteiger partial charge is 0.104 e. The van der Waals surface area contributed by atoms with Crippen molar-refractivity contribution in [3.63, 3.8) is 0 Å². The van der Waals surface area contributed by atoms with Gasteiger partial charge < -0.3 is 8.83 Å². The van der Waals surface area contributed by atoms with Gasteiger partial charge in [0.05, 0.1) is 0 Å². The molecule has 0 saturated heterocycles. The summed E-state index contributed by atoms with van der Waals surface area (Å²) in [4.78, 5) is 0. The molecule has 0 N–H and O–H groups in total. The monoisotopic (exact) mass is 300 g/mol. The van der Waals surface area contributed by atoms with Crippen molar-refractivity contribution in [3.05, 3.63) is 47.3 Å². The Labute approximate surface area is 131 Å². The Balaban J connectivity index is 1.77. The van der Waals surface area contributed by atoms with E-state index in [4.69, 9.17) is 8.83 Å². The van der Waals surface area contributed by atoms with Gasteiger partial charge in [-0.15, -0.1) is 0 Å². The summed E-state index contributed by atoms with van der Waals surface area (Å²) in [5.41, 5.74) is 2.03. The molecule has 0 aliphatic heterocycles. The lowest BCUT2D eigenvalue weighted by Crippen LogP contribution is -1.97. The Kier molecular flexibility index (Phi) is 5.75. The van der Waals surface area contributed by atoms with Crippen molar-refractivity contribution in [2.45, 2.75) is 53.4 Å². The first-order valence-corrected chi connectivity index (χ1v) is 7.70. The predicted molar refractivity (Wildman–Crippen MR) is 89.8 cm³/mol. The van der Waals surface area contributed by atoms with Crippen LogP contribution in [-0.2, 0) is 12.8 Å². The molecule has 118 valence electrons. The lowest BCUT2D eigenvalue weighted by molar-refractivity contribution is 0.484. The van der Waals surface area contributed by atoms with E-state index in [1.54, 1.807) is 0 Å². The van der Waals surface area contributed by atoms with Crippen LogP contribution in [-0.4, -0.2) is 11.4 Å². The number of rotatable bonds is 7. The van der Waals surface area contributed by atoms with Gasteiger partial charge in [0, 0.05) is 24.3 Å². The third kappa shape index (κ3) is 5.35. The van der Waals surface area contributed by atoms with Crippen LogP contribution in [0.25, 0.3) is 0 Å². The molecule has 2 heterocycles. The summed E-state index contributed by atoms with van der Waals surface area (Å²) in [6.45, 7) is 7.92. The molecule has 0 spiro atoms. The molecule has 0 aromatic carbocycles. The SMILES string of the molecule is C/C(CCc1ccc(C)o1)=N\N=C(/C)CCc1ccc(C)o1. The van der Waals surface area contributed by atoms with Crippen LogP contribution in [0.15, 0.2) is 43.3 Å². The molecule has 0 bridgehead atoms. The van der Waals surface area contributed by atoms with Crippen molar-refractivity contribution in [1.82, 2.24) is 0 Å². The molecular formula is C18H24N2O2. The van der Waals surface area contributed by atoms with Crippen molar-refractivity contribution in [2.24, 2.45) is 10.2 Å². The Morgan fingerprint density at radius 1 is 0.773 bits per heavy atom. The second-order valence-electron chi connectivity index (χ2n) is 5.70. The topological polar surface area (TPSA) is 51.0 Å². The van der Waals surface area contributed by atoms with Gasteiger partial charge in [-0.25, -0.2) is 0 Å². The lowest BCUT2D eigenvalue weighted by atomic mass is 10.2. The van der Waals surface area contributed by atoms with Crippen molar-refractivity contribution >= 4 is 11.4 Å². The maximum atomic E-state index is 5.55. The van der Waals surface area contributed by atoms with E-state index in [-0.39, 0.29) is 0 Å². The van der Waals surface area contributed by atoms with Gasteiger partial charge in [-0.05, 0) is 64.8 Å². The van der Waals surface area contributed by atoms with E-state index in [9.17, 15) is 0 Å². The molecule has 0 amide bonds. The molecule has 4 nitrogen and oxygen atoms in total. The normalized spacial score (nSPS) is 12.9. The number of hydrogen-bond donors (Lipinski definition) is 0. The first kappa shape index (κ1) is 16.3. The summed E-state index contributed by atoms with van der Waals surface area (Å²) in [5, 5.41) is 8.59. The summed E-state index contributed by atoms with van der Waals surface area (Å²) in [6, 6.07) is 8.01. The van der Waals surface area contributed by atoms with Crippen LogP contribution in [0, 0.1) is 13.8 Å². The summed E-state index contributed by atoms with van der Waals surface area (Å²) in [7, 11) is 0. The zero-order valence-electron chi connectivity index (χ0n) is 13.8. The fourth-order valence-electron chi connectivity index (χ4n) is 2.12. The molecule has 0 aliphatic rings. The second kappa shape index (κ2) is 7.78. The molecule has 0 fully saturated rings. The molecule has 0 atom stereocenters. The Morgan fingerprint density at radius 3 is 1.50 bits per heavy atom. The Morgan fingerprint density at radius 2 is 1.18 bits per heavy atom. The quantitative estimate of drug-likeness (QED) is 0.540. The highest BCUT2D eigenvalue weighted by Crippen LogP contribution is 2.10. The van der Waals surface area contributed by atoms with Crippen LogP contribution in [0.3, 0.4) is 0 Å². The standard InChI is InChI=1S/C18H24N2O2/c1-13(5-9-17-11-7-15(3)21-17)19-20-14(2)6-10-18-12-8-16(4)22-18/h7-8,11-12H,5-6,9-10H2,1-4H3/b19-13+,20-14+. The average molecular weight is 300 g/mol. The fraction of sp³-hybridized carbons (Fsp3) is 0.444. The van der Waals surface area contributed by atoms with Crippen LogP contribution in [0.4, 0.5) is 0 Å². The van der Waals surface area contributed by atoms with E-state index < -0.39 is 0 Å². The number of nitrogens with zero attached hydrogens (tertiary/aromatic N) is 2. The maximum Gasteiger partial charge on any atom is 0.104 e. The molecule has 0 unspecified atom stereocenters. The lowest BCUT2D eigenvalue weighted by Gasteiger charge is -1.99. The summed E-state index contributed by atoms with van der Waals surface area (Å²) in [5.74, 6) is 3.90. The van der Waals surface area contributed by atoms with Gasteiger partial charge in [-0.2, -0.15) is 10.2 Å². The van der Waals surface area contributed by atoms with Crippen LogP contribution in [0.2, 0.25) is 0 Å². The van der Waals surface area contributed by atoms with Crippen molar-refractivity contribution < 1.29 is 8.83 Å². The van der Waals surface area contributed by atoms with Gasteiger partial charge in [-0.3, -0.25) is 0 Å². The highest BCUT2D eigenvalue weighted by atomic mass is 16.3. The maximum absolute atomic E-state index is 5.55. The van der Waals surface area contributed by atoms with Gasteiger partial charge in [0.25, 0.3) is 0 Å². The van der Waals surface area contributed by atoms with E-state index in [1.165, 1.54) is 0 Å². The van der Waals surface area contributed by atoms with Crippen LogP contribution in [0.1, 0.15) is 49.7 Å². The highest BCUT2D eigenvalue weighted by molar-refractivity contribution is 5.85. The van der Waals surface area contributed by atoms with Crippen molar-refractivity contribution in [1.29, 1.82) is 0 Å². The largest absolute Gasteiger partial charge is 0.466 e. The molecule has 2 aromatic rings. The molecule has 4 heteroatoms. The first-order valence-electron chi connectivity index (χ1n) is 7.70. The number of hydrogen-bond acceptors (Lipinski definition) is 4. The Bertz CT molecular complexity index is 604. The van der Waals surface area contributed by atoms with Gasteiger partial charge in [0.1, 0.15) is 23.0 Å². The molecule has 0 aliphatic carbocycles. The van der Waals surface area contributed by atoms with E-state index >= 15 is 0 Å². The molecule has 2 rings (SSSR count). The van der Waals surface area contributed by atoms with E-state index in [1.807, 2.05) is 52.0 Å². The third-order valence-corrected chi connectivity index (χ3v) is 3.45. The molecule has 22 heavy (non-hydrogen) atoms. The summed E-state index contributed by atoms with van der Waals surface area (Å²) >= 11 is 0. The van der Waals surface area contributed by atoms with E-state index in [0.717, 1.165) is 60.1 Å². The first-order chi connectivity index (χ1) is 10.5. The van der Waals surface area contributed by atoms with E-state index in [0.29, 0.717) is 0 Å². The van der Waals surface area contributed by atoms with Crippen molar-refractivity contribution in [3.8, 4) is 0 Å². The number of furan rings is 2. The second-order valence-corrected chi connectivity index (χ2v) is 5.70. The average Bonchev–Trinajstić information content (AvgIpc) is 3.09. The van der Waals surface area contributed by atoms with Crippen LogP contribution in [0.5, 0.6) is 0 Å². The molecular weight excluding hydrogens is 276 g/mol.